The number of hydrogen-bond donors (Lipinski definition) is 2. The fourth-order valence-corrected chi connectivity index (χ4v) is 2.73. The predicted octanol–water partition coefficient (Wildman–Crippen LogP) is 1.55. The number of nitrogen functional groups attached to an aromatic ring is 1. The molecule has 1 saturated heterocycles. The average molecular weight is 263 g/mol. The van der Waals surface area contributed by atoms with Crippen molar-refractivity contribution in [1.29, 1.82) is 0 Å². The summed E-state index contributed by atoms with van der Waals surface area (Å²) in [6.45, 7) is 3.41. The number of ether oxygens (including phenoxy) is 2. The van der Waals surface area contributed by atoms with Crippen LogP contribution in [0.3, 0.4) is 0 Å². The molecule has 2 aliphatic rings. The molecule has 0 radical (unpaired) electrons. The number of nitrogens with one attached hydrogen (secondary N) is 1. The summed E-state index contributed by atoms with van der Waals surface area (Å²) in [6, 6.07) is 4.26. The first-order chi connectivity index (χ1) is 9.22. The molecule has 0 aliphatic carbocycles. The van der Waals surface area contributed by atoms with Crippen LogP contribution in [0.4, 0.5) is 11.4 Å². The van der Waals surface area contributed by atoms with Crippen LogP contribution in [0.25, 0.3) is 0 Å². The highest BCUT2D eigenvalue weighted by Gasteiger charge is 2.20. The van der Waals surface area contributed by atoms with E-state index >= 15 is 0 Å². The van der Waals surface area contributed by atoms with Gasteiger partial charge in [-0.3, -0.25) is 0 Å². The molecule has 0 spiro atoms. The quantitative estimate of drug-likeness (QED) is 0.793. The zero-order chi connectivity index (χ0) is 13.2. The van der Waals surface area contributed by atoms with Gasteiger partial charge in [0.25, 0.3) is 0 Å². The molecule has 19 heavy (non-hydrogen) atoms. The van der Waals surface area contributed by atoms with Gasteiger partial charge >= 0.3 is 0 Å². The monoisotopic (exact) mass is 263 g/mol. The van der Waals surface area contributed by atoms with E-state index in [0.717, 1.165) is 29.4 Å². The number of anilines is 2. The second kappa shape index (κ2) is 5.17. The van der Waals surface area contributed by atoms with Crippen LogP contribution in [0, 0.1) is 0 Å². The topological polar surface area (TPSA) is 59.8 Å². The van der Waals surface area contributed by atoms with E-state index in [1.165, 1.54) is 19.4 Å². The first-order valence-corrected chi connectivity index (χ1v) is 6.86. The van der Waals surface area contributed by atoms with Gasteiger partial charge in [0.2, 0.25) is 0 Å². The summed E-state index contributed by atoms with van der Waals surface area (Å²) < 4.78 is 11.1. The van der Waals surface area contributed by atoms with Crippen LogP contribution in [0.2, 0.25) is 0 Å². The van der Waals surface area contributed by atoms with Crippen LogP contribution in [-0.4, -0.2) is 44.3 Å². The third-order valence-corrected chi connectivity index (χ3v) is 3.70. The molecule has 3 N–H and O–H groups in total. The van der Waals surface area contributed by atoms with Crippen LogP contribution in [0.15, 0.2) is 12.1 Å². The van der Waals surface area contributed by atoms with Crippen molar-refractivity contribution in [3.8, 4) is 11.5 Å². The van der Waals surface area contributed by atoms with Crippen molar-refractivity contribution in [2.45, 2.75) is 18.9 Å². The molecule has 0 aromatic heterocycles. The molecule has 104 valence electrons. The maximum absolute atomic E-state index is 6.08. The van der Waals surface area contributed by atoms with Crippen LogP contribution < -0.4 is 20.5 Å². The predicted molar refractivity (Wildman–Crippen MR) is 76.0 cm³/mol. The Balaban J connectivity index is 1.76. The molecular formula is C14H21N3O2. The van der Waals surface area contributed by atoms with E-state index in [4.69, 9.17) is 15.2 Å². The molecule has 2 aliphatic heterocycles. The van der Waals surface area contributed by atoms with Crippen molar-refractivity contribution < 1.29 is 9.47 Å². The molecular weight excluding hydrogens is 242 g/mol. The van der Waals surface area contributed by atoms with Crippen molar-refractivity contribution in [2.24, 2.45) is 0 Å². The summed E-state index contributed by atoms with van der Waals surface area (Å²) in [4.78, 5) is 2.34. The molecule has 1 atom stereocenters. The lowest BCUT2D eigenvalue weighted by atomic mass is 10.1. The summed E-state index contributed by atoms with van der Waals surface area (Å²) >= 11 is 0. The molecule has 1 fully saturated rings. The number of piperidine rings is 1. The van der Waals surface area contributed by atoms with Crippen molar-refractivity contribution >= 4 is 11.4 Å². The number of rotatable bonds is 2. The van der Waals surface area contributed by atoms with Gasteiger partial charge in [-0.2, -0.15) is 0 Å². The number of hydrogen-bond acceptors (Lipinski definition) is 5. The molecule has 1 aromatic carbocycles. The fraction of sp³-hybridized carbons (Fsp3) is 0.571. The van der Waals surface area contributed by atoms with Crippen LogP contribution in [-0.2, 0) is 0 Å². The van der Waals surface area contributed by atoms with Crippen LogP contribution in [0.5, 0.6) is 11.5 Å². The fourth-order valence-electron chi connectivity index (χ4n) is 2.73. The second-order valence-corrected chi connectivity index (χ2v) is 5.33. The highest BCUT2D eigenvalue weighted by molar-refractivity contribution is 5.72. The Morgan fingerprint density at radius 1 is 1.26 bits per heavy atom. The minimum Gasteiger partial charge on any atom is -0.486 e. The van der Waals surface area contributed by atoms with Gasteiger partial charge in [-0.05, 0) is 26.4 Å². The molecule has 0 bridgehead atoms. The van der Waals surface area contributed by atoms with Gasteiger partial charge in [0.1, 0.15) is 13.2 Å². The van der Waals surface area contributed by atoms with E-state index in [-0.39, 0.29) is 0 Å². The van der Waals surface area contributed by atoms with Crippen molar-refractivity contribution in [3.05, 3.63) is 12.1 Å². The zero-order valence-corrected chi connectivity index (χ0v) is 11.3. The maximum Gasteiger partial charge on any atom is 0.163 e. The van der Waals surface area contributed by atoms with E-state index in [2.05, 4.69) is 17.3 Å². The highest BCUT2D eigenvalue weighted by atomic mass is 16.6. The molecule has 2 heterocycles. The minimum absolute atomic E-state index is 0.448. The molecule has 3 rings (SSSR count). The first kappa shape index (κ1) is 12.4. The molecule has 1 aromatic rings. The van der Waals surface area contributed by atoms with E-state index in [1.807, 2.05) is 12.1 Å². The van der Waals surface area contributed by atoms with E-state index in [1.54, 1.807) is 0 Å². The Labute approximate surface area is 113 Å². The Morgan fingerprint density at radius 2 is 2.00 bits per heavy atom. The summed E-state index contributed by atoms with van der Waals surface area (Å²) in [7, 11) is 2.15. The van der Waals surface area contributed by atoms with Gasteiger partial charge < -0.3 is 25.4 Å². The van der Waals surface area contributed by atoms with Gasteiger partial charge in [0, 0.05) is 24.7 Å². The Hall–Kier alpha value is -1.62. The lowest BCUT2D eigenvalue weighted by molar-refractivity contribution is 0.172. The number of likely N-dealkylation sites (N-methyl/N-ethyl adjacent to an activating group) is 1. The number of benzene rings is 1. The zero-order valence-electron chi connectivity index (χ0n) is 11.3. The minimum atomic E-state index is 0.448. The number of nitrogens with two attached hydrogens (primary N) is 1. The number of nitrogens with zero attached hydrogens (tertiary/aromatic N) is 1. The molecule has 5 nitrogen and oxygen atoms in total. The standard InChI is InChI=1S/C14H21N3O2/c1-17-4-2-3-10(9-17)16-12-8-14-13(7-11(12)15)18-5-6-19-14/h7-8,10,16H,2-6,9,15H2,1H3. The smallest absolute Gasteiger partial charge is 0.163 e. The summed E-state index contributed by atoms with van der Waals surface area (Å²) in [5.74, 6) is 1.53. The number of likely N-dealkylation sites (tertiary alicyclic amines) is 1. The maximum atomic E-state index is 6.08. The van der Waals surface area contributed by atoms with E-state index in [9.17, 15) is 0 Å². The largest absolute Gasteiger partial charge is 0.486 e. The van der Waals surface area contributed by atoms with Crippen molar-refractivity contribution in [1.82, 2.24) is 4.90 Å². The van der Waals surface area contributed by atoms with E-state index in [0.29, 0.717) is 19.3 Å². The third kappa shape index (κ3) is 2.71. The Morgan fingerprint density at radius 3 is 2.74 bits per heavy atom. The van der Waals surface area contributed by atoms with Crippen LogP contribution >= 0.6 is 0 Å². The normalized spacial score (nSPS) is 23.1. The SMILES string of the molecule is CN1CCCC(Nc2cc3c(cc2N)OCCO3)C1. The molecule has 1 unspecified atom stereocenters. The second-order valence-electron chi connectivity index (χ2n) is 5.33. The summed E-state index contributed by atoms with van der Waals surface area (Å²) in [5.41, 5.74) is 7.75. The third-order valence-electron chi connectivity index (χ3n) is 3.70. The lowest BCUT2D eigenvalue weighted by Gasteiger charge is -2.31. The highest BCUT2D eigenvalue weighted by Crippen LogP contribution is 2.37. The molecule has 0 saturated carbocycles. The average Bonchev–Trinajstić information content (AvgIpc) is 2.40. The van der Waals surface area contributed by atoms with Crippen molar-refractivity contribution in [2.75, 3.05) is 44.4 Å². The first-order valence-electron chi connectivity index (χ1n) is 6.86. The summed E-state index contributed by atoms with van der Waals surface area (Å²) in [5, 5.41) is 3.53. The molecule has 0 amide bonds. The number of fused-ring (bicyclic) bond motifs is 1. The Bertz CT molecular complexity index is 464. The van der Waals surface area contributed by atoms with Gasteiger partial charge in [-0.1, -0.05) is 0 Å². The summed E-state index contributed by atoms with van der Waals surface area (Å²) in [6.07, 6.45) is 2.40. The Kier molecular flexibility index (Phi) is 3.38. The lowest BCUT2D eigenvalue weighted by Crippen LogP contribution is -2.39. The van der Waals surface area contributed by atoms with Crippen molar-refractivity contribution in [3.63, 3.8) is 0 Å². The van der Waals surface area contributed by atoms with E-state index < -0.39 is 0 Å². The van der Waals surface area contributed by atoms with Gasteiger partial charge in [0.05, 0.1) is 11.4 Å². The van der Waals surface area contributed by atoms with Gasteiger partial charge in [0.15, 0.2) is 11.5 Å². The van der Waals surface area contributed by atoms with Crippen LogP contribution in [0.1, 0.15) is 12.8 Å². The molecule has 5 heteroatoms. The van der Waals surface area contributed by atoms with Gasteiger partial charge in [-0.15, -0.1) is 0 Å². The van der Waals surface area contributed by atoms with Gasteiger partial charge in [-0.25, -0.2) is 0 Å².